The highest BCUT2D eigenvalue weighted by Crippen LogP contribution is 2.22. The number of carbonyl (C=O) groups excluding carboxylic acids is 1. The molecule has 1 amide bonds. The normalized spacial score (nSPS) is 10.6. The summed E-state index contributed by atoms with van der Waals surface area (Å²) in [5.74, 6) is 1.11. The number of thiazole rings is 1. The van der Waals surface area contributed by atoms with Crippen LogP contribution in [0.2, 0.25) is 0 Å². The zero-order valence-electron chi connectivity index (χ0n) is 18.5. The SMILES string of the molecule is CCc1ccc(Cc2cnc(NC(=O)COc3ccc(OCc4ccccc4)cc3)s2)cc1. The second-order valence-corrected chi connectivity index (χ2v) is 8.68. The molecule has 0 bridgehead atoms. The van der Waals surface area contributed by atoms with Crippen molar-refractivity contribution in [2.24, 2.45) is 0 Å². The van der Waals surface area contributed by atoms with Gasteiger partial charge in [-0.15, -0.1) is 11.3 Å². The van der Waals surface area contributed by atoms with Crippen LogP contribution in [-0.2, 0) is 24.2 Å². The number of nitrogens with zero attached hydrogens (tertiary/aromatic N) is 1. The van der Waals surface area contributed by atoms with Gasteiger partial charge in [-0.3, -0.25) is 10.1 Å². The topological polar surface area (TPSA) is 60.5 Å². The van der Waals surface area contributed by atoms with E-state index in [9.17, 15) is 4.79 Å². The molecule has 33 heavy (non-hydrogen) atoms. The number of hydrogen-bond donors (Lipinski definition) is 1. The van der Waals surface area contributed by atoms with E-state index < -0.39 is 0 Å². The first-order valence-electron chi connectivity index (χ1n) is 10.9. The second-order valence-electron chi connectivity index (χ2n) is 7.56. The molecule has 0 atom stereocenters. The van der Waals surface area contributed by atoms with Crippen LogP contribution in [0.5, 0.6) is 11.5 Å². The summed E-state index contributed by atoms with van der Waals surface area (Å²) < 4.78 is 11.4. The fraction of sp³-hybridized carbons (Fsp3) is 0.185. The fourth-order valence-corrected chi connectivity index (χ4v) is 4.08. The van der Waals surface area contributed by atoms with E-state index in [1.165, 1.54) is 22.5 Å². The fourth-order valence-electron chi connectivity index (χ4n) is 3.22. The Morgan fingerprint density at radius 1 is 0.848 bits per heavy atom. The molecular formula is C27H26N2O3S. The van der Waals surface area contributed by atoms with Crippen molar-refractivity contribution in [2.75, 3.05) is 11.9 Å². The minimum Gasteiger partial charge on any atom is -0.489 e. The minimum absolute atomic E-state index is 0.0857. The van der Waals surface area contributed by atoms with E-state index in [0.29, 0.717) is 17.5 Å². The molecule has 0 aliphatic heterocycles. The number of rotatable bonds is 10. The van der Waals surface area contributed by atoms with Crippen molar-refractivity contribution in [1.29, 1.82) is 0 Å². The van der Waals surface area contributed by atoms with Gasteiger partial charge in [0.05, 0.1) is 0 Å². The van der Waals surface area contributed by atoms with Crippen LogP contribution in [0.3, 0.4) is 0 Å². The van der Waals surface area contributed by atoms with Crippen molar-refractivity contribution in [3.63, 3.8) is 0 Å². The van der Waals surface area contributed by atoms with Gasteiger partial charge in [-0.05, 0) is 47.4 Å². The van der Waals surface area contributed by atoms with Gasteiger partial charge in [0.15, 0.2) is 11.7 Å². The first-order chi connectivity index (χ1) is 16.2. The van der Waals surface area contributed by atoms with Crippen LogP contribution in [0.4, 0.5) is 5.13 Å². The van der Waals surface area contributed by atoms with Crippen LogP contribution in [-0.4, -0.2) is 17.5 Å². The molecule has 0 spiro atoms. The van der Waals surface area contributed by atoms with Crippen LogP contribution in [0.1, 0.15) is 28.5 Å². The summed E-state index contributed by atoms with van der Waals surface area (Å²) in [7, 11) is 0. The molecule has 0 fully saturated rings. The Bertz CT molecular complexity index is 1160. The van der Waals surface area contributed by atoms with Crippen LogP contribution in [0, 0.1) is 0 Å². The smallest absolute Gasteiger partial charge is 0.264 e. The summed E-state index contributed by atoms with van der Waals surface area (Å²) in [4.78, 5) is 17.7. The third-order valence-corrected chi connectivity index (χ3v) is 5.96. The van der Waals surface area contributed by atoms with Crippen molar-refractivity contribution >= 4 is 22.4 Å². The molecule has 0 aliphatic carbocycles. The molecule has 5 nitrogen and oxygen atoms in total. The monoisotopic (exact) mass is 458 g/mol. The van der Waals surface area contributed by atoms with Crippen LogP contribution in [0.15, 0.2) is 85.1 Å². The maximum absolute atomic E-state index is 12.3. The second kappa shape index (κ2) is 11.3. The largest absolute Gasteiger partial charge is 0.489 e. The van der Waals surface area contributed by atoms with Gasteiger partial charge >= 0.3 is 0 Å². The standard InChI is InChI=1S/C27H26N2O3S/c1-2-20-8-10-21(11-9-20)16-25-17-28-27(33-25)29-26(30)19-32-24-14-12-23(13-15-24)31-18-22-6-4-3-5-7-22/h3-15,17H,2,16,18-19H2,1H3,(H,28,29,30). The quantitative estimate of drug-likeness (QED) is 0.322. The Kier molecular flexibility index (Phi) is 7.72. The number of ether oxygens (including phenoxy) is 2. The molecular weight excluding hydrogens is 432 g/mol. The Morgan fingerprint density at radius 3 is 2.21 bits per heavy atom. The van der Waals surface area contributed by atoms with Crippen LogP contribution >= 0.6 is 11.3 Å². The number of nitrogens with one attached hydrogen (secondary N) is 1. The lowest BCUT2D eigenvalue weighted by molar-refractivity contribution is -0.118. The summed E-state index contributed by atoms with van der Waals surface area (Å²) in [6, 6.07) is 25.8. The van der Waals surface area contributed by atoms with Gasteiger partial charge in [-0.2, -0.15) is 0 Å². The summed E-state index contributed by atoms with van der Waals surface area (Å²) in [5, 5.41) is 3.38. The van der Waals surface area contributed by atoms with Gasteiger partial charge in [0.1, 0.15) is 18.1 Å². The molecule has 0 saturated carbocycles. The predicted molar refractivity (Wildman–Crippen MR) is 132 cm³/mol. The van der Waals surface area contributed by atoms with E-state index in [0.717, 1.165) is 29.0 Å². The Morgan fingerprint density at radius 2 is 1.52 bits per heavy atom. The first kappa shape index (κ1) is 22.6. The summed E-state index contributed by atoms with van der Waals surface area (Å²) in [5.41, 5.74) is 3.66. The highest BCUT2D eigenvalue weighted by atomic mass is 32.1. The lowest BCUT2D eigenvalue weighted by atomic mass is 10.1. The van der Waals surface area contributed by atoms with Gasteiger partial charge in [0, 0.05) is 17.5 Å². The van der Waals surface area contributed by atoms with Gasteiger partial charge in [0.25, 0.3) is 5.91 Å². The number of aromatic nitrogens is 1. The maximum Gasteiger partial charge on any atom is 0.264 e. The maximum atomic E-state index is 12.3. The van der Waals surface area contributed by atoms with Crippen molar-refractivity contribution in [2.45, 2.75) is 26.4 Å². The minimum atomic E-state index is -0.243. The van der Waals surface area contributed by atoms with E-state index in [1.54, 1.807) is 12.1 Å². The Hall–Kier alpha value is -3.64. The molecule has 4 rings (SSSR count). The molecule has 6 heteroatoms. The zero-order valence-corrected chi connectivity index (χ0v) is 19.3. The number of aryl methyl sites for hydroxylation is 1. The molecule has 1 N–H and O–H groups in total. The molecule has 3 aromatic carbocycles. The summed E-state index contributed by atoms with van der Waals surface area (Å²) in [6.45, 7) is 2.56. The third-order valence-electron chi connectivity index (χ3n) is 5.05. The van der Waals surface area contributed by atoms with E-state index >= 15 is 0 Å². The van der Waals surface area contributed by atoms with Gasteiger partial charge < -0.3 is 9.47 Å². The summed E-state index contributed by atoms with van der Waals surface area (Å²) in [6.07, 6.45) is 3.64. The van der Waals surface area contributed by atoms with Crippen molar-refractivity contribution in [1.82, 2.24) is 4.98 Å². The Balaban J connectivity index is 1.21. The highest BCUT2D eigenvalue weighted by Gasteiger charge is 2.09. The molecule has 1 aromatic heterocycles. The number of hydrogen-bond acceptors (Lipinski definition) is 5. The predicted octanol–water partition coefficient (Wildman–Crippen LogP) is 5.89. The van der Waals surface area contributed by atoms with Gasteiger partial charge in [-0.25, -0.2) is 4.98 Å². The van der Waals surface area contributed by atoms with E-state index in [4.69, 9.17) is 9.47 Å². The molecule has 0 unspecified atom stereocenters. The molecule has 168 valence electrons. The van der Waals surface area contributed by atoms with Gasteiger partial charge in [0.2, 0.25) is 0 Å². The number of amides is 1. The third kappa shape index (κ3) is 6.92. The van der Waals surface area contributed by atoms with Crippen molar-refractivity contribution < 1.29 is 14.3 Å². The van der Waals surface area contributed by atoms with Crippen molar-refractivity contribution in [3.8, 4) is 11.5 Å². The lowest BCUT2D eigenvalue weighted by Gasteiger charge is -2.08. The lowest BCUT2D eigenvalue weighted by Crippen LogP contribution is -2.19. The van der Waals surface area contributed by atoms with Crippen molar-refractivity contribution in [3.05, 3.63) is 107 Å². The van der Waals surface area contributed by atoms with Gasteiger partial charge in [-0.1, -0.05) is 61.5 Å². The van der Waals surface area contributed by atoms with E-state index in [1.807, 2.05) is 48.7 Å². The van der Waals surface area contributed by atoms with Crippen LogP contribution < -0.4 is 14.8 Å². The molecule has 0 aliphatic rings. The average molecular weight is 459 g/mol. The molecule has 1 heterocycles. The summed E-state index contributed by atoms with van der Waals surface area (Å²) >= 11 is 1.48. The Labute approximate surface area is 198 Å². The van der Waals surface area contributed by atoms with Crippen LogP contribution in [0.25, 0.3) is 0 Å². The van der Waals surface area contributed by atoms with E-state index in [-0.39, 0.29) is 12.5 Å². The molecule has 4 aromatic rings. The average Bonchev–Trinajstić information content (AvgIpc) is 3.29. The van der Waals surface area contributed by atoms with E-state index in [2.05, 4.69) is 41.5 Å². The zero-order chi connectivity index (χ0) is 22.9. The number of carbonyl (C=O) groups is 1. The highest BCUT2D eigenvalue weighted by molar-refractivity contribution is 7.15. The molecule has 0 radical (unpaired) electrons. The molecule has 0 saturated heterocycles. The first-order valence-corrected chi connectivity index (χ1v) is 11.7. The number of anilines is 1. The number of benzene rings is 3.